The number of halogens is 5. The molecule has 2 saturated heterocycles. The number of hydrogen-bond donors (Lipinski definition) is 3. The number of benzene rings is 1. The third-order valence-corrected chi connectivity index (χ3v) is 7.28. The molecule has 0 aliphatic carbocycles. The first kappa shape index (κ1) is 28.9. The molecule has 8 nitrogen and oxygen atoms in total. The van der Waals surface area contributed by atoms with Gasteiger partial charge in [0.15, 0.2) is 11.7 Å². The van der Waals surface area contributed by atoms with Crippen molar-refractivity contribution in [3.05, 3.63) is 52.9 Å². The summed E-state index contributed by atoms with van der Waals surface area (Å²) < 4.78 is 56.5. The van der Waals surface area contributed by atoms with Crippen molar-refractivity contribution >= 4 is 29.2 Å². The Balaban J connectivity index is 1.34. The van der Waals surface area contributed by atoms with Crippen molar-refractivity contribution in [3.63, 3.8) is 0 Å². The Morgan fingerprint density at radius 1 is 1.18 bits per heavy atom. The van der Waals surface area contributed by atoms with Gasteiger partial charge >= 0.3 is 6.18 Å². The molecule has 2 aliphatic heterocycles. The molecule has 2 amide bonds. The third-order valence-electron chi connectivity index (χ3n) is 6.98. The van der Waals surface area contributed by atoms with Crippen molar-refractivity contribution in [2.75, 3.05) is 11.4 Å². The number of alkyl halides is 3. The number of carbonyl (C=O) groups excluding carboxylic acids is 2. The van der Waals surface area contributed by atoms with Crippen LogP contribution in [0.1, 0.15) is 49.9 Å². The first-order chi connectivity index (χ1) is 18.2. The summed E-state index contributed by atoms with van der Waals surface area (Å²) in [6.07, 6.45) is -3.08. The summed E-state index contributed by atoms with van der Waals surface area (Å²) in [5.41, 5.74) is -1.18. The second-order valence-corrected chi connectivity index (χ2v) is 10.7. The van der Waals surface area contributed by atoms with Gasteiger partial charge in [0.25, 0.3) is 11.8 Å². The van der Waals surface area contributed by atoms with E-state index in [2.05, 4.69) is 20.5 Å². The number of rotatable bonds is 8. The maximum atomic E-state index is 13.3. The molecule has 2 aromatic rings. The molecule has 212 valence electrons. The Kier molecular flexibility index (Phi) is 8.27. The fraction of sp³-hybridized carbons (Fsp3) is 0.500. The molecular weight excluding hydrogens is 544 g/mol. The van der Waals surface area contributed by atoms with Gasteiger partial charge < -0.3 is 25.4 Å². The Morgan fingerprint density at radius 2 is 1.85 bits per heavy atom. The van der Waals surface area contributed by atoms with Crippen LogP contribution in [0.4, 0.5) is 23.4 Å². The predicted octanol–water partition coefficient (Wildman–Crippen LogP) is 4.00. The molecule has 13 heteroatoms. The van der Waals surface area contributed by atoms with Crippen LogP contribution in [0.3, 0.4) is 0 Å². The molecule has 0 saturated carbocycles. The Bertz CT molecular complexity index is 1200. The van der Waals surface area contributed by atoms with Crippen molar-refractivity contribution in [1.29, 1.82) is 0 Å². The van der Waals surface area contributed by atoms with Gasteiger partial charge in [-0.2, -0.15) is 13.2 Å². The van der Waals surface area contributed by atoms with E-state index in [1.54, 1.807) is 19.9 Å². The summed E-state index contributed by atoms with van der Waals surface area (Å²) in [4.78, 5) is 31.7. The van der Waals surface area contributed by atoms with Crippen LogP contribution < -0.4 is 20.3 Å². The Hall–Kier alpha value is -3.12. The lowest BCUT2D eigenvalue weighted by molar-refractivity contribution is -0.201. The van der Waals surface area contributed by atoms with E-state index in [4.69, 9.17) is 21.4 Å². The minimum atomic E-state index is -4.82. The minimum absolute atomic E-state index is 0.0668. The maximum absolute atomic E-state index is 13.3. The first-order valence-electron chi connectivity index (χ1n) is 12.5. The van der Waals surface area contributed by atoms with Crippen LogP contribution in [0, 0.1) is 5.82 Å². The van der Waals surface area contributed by atoms with Crippen molar-refractivity contribution in [3.8, 4) is 5.75 Å². The zero-order valence-electron chi connectivity index (χ0n) is 21.3. The summed E-state index contributed by atoms with van der Waals surface area (Å²) in [5.74, 6) is -0.773. The van der Waals surface area contributed by atoms with Crippen LogP contribution in [-0.2, 0) is 4.79 Å². The van der Waals surface area contributed by atoms with E-state index in [-0.39, 0.29) is 40.4 Å². The van der Waals surface area contributed by atoms with Crippen LogP contribution in [-0.4, -0.2) is 64.5 Å². The van der Waals surface area contributed by atoms with Crippen LogP contribution in [0.15, 0.2) is 36.5 Å². The molecule has 0 spiro atoms. The number of aliphatic hydroxyl groups excluding tert-OH is 1. The van der Waals surface area contributed by atoms with E-state index in [0.717, 1.165) is 18.9 Å². The number of nitrogens with one attached hydrogen (secondary N) is 2. The number of anilines is 1. The standard InChI is InChI=1S/C26H29ClF4N4O4/c1-25(2,39-20-7-4-15(28)9-19(20)27)24(38)34-16-10-17-5-6-18(11-16)35(17)22-8-3-14(12-32-22)23(37)33-13-21(36)26(29,30)31/h3-4,7-9,12,16-18,21,36H,5-6,10-11,13H2,1-2H3,(H,33,37)(H,34,38). The SMILES string of the molecule is CC(C)(Oc1ccc(F)cc1Cl)C(=O)NC1CC2CCC(C1)N2c1ccc(C(=O)NCC(O)C(F)(F)F)cn1. The molecule has 2 fully saturated rings. The second kappa shape index (κ2) is 11.2. The summed E-state index contributed by atoms with van der Waals surface area (Å²) >= 11 is 6.04. The van der Waals surface area contributed by atoms with E-state index in [1.165, 1.54) is 24.4 Å². The van der Waals surface area contributed by atoms with E-state index >= 15 is 0 Å². The van der Waals surface area contributed by atoms with Crippen molar-refractivity contribution in [2.24, 2.45) is 0 Å². The molecule has 4 rings (SSSR count). The van der Waals surface area contributed by atoms with Crippen LogP contribution in [0.2, 0.25) is 5.02 Å². The zero-order valence-corrected chi connectivity index (χ0v) is 22.0. The number of piperidine rings is 1. The van der Waals surface area contributed by atoms with Crippen molar-refractivity contribution < 1.29 is 37.0 Å². The highest BCUT2D eigenvalue weighted by molar-refractivity contribution is 6.32. The second-order valence-electron chi connectivity index (χ2n) is 10.3. The highest BCUT2D eigenvalue weighted by atomic mass is 35.5. The molecule has 3 heterocycles. The zero-order chi connectivity index (χ0) is 28.5. The Labute approximate surface area is 227 Å². The van der Waals surface area contributed by atoms with Crippen molar-refractivity contribution in [2.45, 2.75) is 75.5 Å². The number of fused-ring (bicyclic) bond motifs is 2. The summed E-state index contributed by atoms with van der Waals surface area (Å²) in [5, 5.41) is 14.2. The van der Waals surface area contributed by atoms with Gasteiger partial charge in [-0.3, -0.25) is 9.59 Å². The lowest BCUT2D eigenvalue weighted by atomic mass is 9.96. The lowest BCUT2D eigenvalue weighted by Gasteiger charge is -2.40. The average Bonchev–Trinajstić information content (AvgIpc) is 3.13. The number of amides is 2. The lowest BCUT2D eigenvalue weighted by Crippen LogP contribution is -2.55. The largest absolute Gasteiger partial charge is 0.476 e. The normalized spacial score (nSPS) is 21.8. The fourth-order valence-electron chi connectivity index (χ4n) is 4.99. The molecular formula is C26H29ClF4N4O4. The van der Waals surface area contributed by atoms with E-state index in [9.17, 15) is 27.2 Å². The number of aromatic nitrogens is 1. The van der Waals surface area contributed by atoms with Gasteiger partial charge in [0.05, 0.1) is 17.1 Å². The number of hydrogen-bond acceptors (Lipinski definition) is 6. The maximum Gasteiger partial charge on any atom is 0.416 e. The highest BCUT2D eigenvalue weighted by Gasteiger charge is 2.43. The monoisotopic (exact) mass is 572 g/mol. The smallest absolute Gasteiger partial charge is 0.416 e. The molecule has 2 aliphatic rings. The van der Waals surface area contributed by atoms with Crippen LogP contribution >= 0.6 is 11.6 Å². The topological polar surface area (TPSA) is 104 Å². The number of aliphatic hydroxyl groups is 1. The molecule has 3 N–H and O–H groups in total. The van der Waals surface area contributed by atoms with Gasteiger partial charge in [-0.05, 0) is 69.9 Å². The quantitative estimate of drug-likeness (QED) is 0.413. The molecule has 0 radical (unpaired) electrons. The van der Waals surface area contributed by atoms with E-state index in [0.29, 0.717) is 18.7 Å². The van der Waals surface area contributed by atoms with Gasteiger partial charge in [0.2, 0.25) is 0 Å². The number of nitrogens with zero attached hydrogens (tertiary/aromatic N) is 2. The number of pyridine rings is 1. The Morgan fingerprint density at radius 3 is 2.41 bits per heavy atom. The van der Waals surface area contributed by atoms with Gasteiger partial charge in [-0.25, -0.2) is 9.37 Å². The van der Waals surface area contributed by atoms with Gasteiger partial charge in [0.1, 0.15) is 17.4 Å². The van der Waals surface area contributed by atoms with Crippen LogP contribution in [0.5, 0.6) is 5.75 Å². The number of ether oxygens (including phenoxy) is 1. The summed E-state index contributed by atoms with van der Waals surface area (Å²) in [6, 6.07) is 6.89. The van der Waals surface area contributed by atoms with E-state index in [1.807, 2.05) is 0 Å². The molecule has 3 atom stereocenters. The average molecular weight is 573 g/mol. The van der Waals surface area contributed by atoms with Crippen LogP contribution in [0.25, 0.3) is 0 Å². The highest BCUT2D eigenvalue weighted by Crippen LogP contribution is 2.39. The van der Waals surface area contributed by atoms with Gasteiger partial charge in [0, 0.05) is 24.3 Å². The molecule has 3 unspecified atom stereocenters. The summed E-state index contributed by atoms with van der Waals surface area (Å²) in [7, 11) is 0. The van der Waals surface area contributed by atoms with Gasteiger partial charge in [-0.15, -0.1) is 0 Å². The third kappa shape index (κ3) is 6.73. The molecule has 2 bridgehead atoms. The fourth-order valence-corrected chi connectivity index (χ4v) is 5.19. The molecule has 1 aromatic carbocycles. The molecule has 1 aromatic heterocycles. The minimum Gasteiger partial charge on any atom is -0.476 e. The van der Waals surface area contributed by atoms with E-state index < -0.39 is 36.2 Å². The number of carbonyl (C=O) groups is 2. The summed E-state index contributed by atoms with van der Waals surface area (Å²) in [6.45, 7) is 2.26. The first-order valence-corrected chi connectivity index (χ1v) is 12.8. The van der Waals surface area contributed by atoms with Gasteiger partial charge in [-0.1, -0.05) is 11.6 Å². The predicted molar refractivity (Wildman–Crippen MR) is 135 cm³/mol. The van der Waals surface area contributed by atoms with Crippen molar-refractivity contribution in [1.82, 2.24) is 15.6 Å². The molecule has 39 heavy (non-hydrogen) atoms.